The Kier molecular flexibility index (Phi) is 2.60. The number of rotatable bonds is 1. The van der Waals surface area contributed by atoms with Gasteiger partial charge in [0.25, 0.3) is 5.56 Å². The molecule has 2 N–H and O–H groups in total. The first-order valence-corrected chi connectivity index (χ1v) is 6.25. The van der Waals surface area contributed by atoms with Crippen LogP contribution in [-0.2, 0) is 0 Å². The molecule has 19 heavy (non-hydrogen) atoms. The number of aromatic amines is 2. The number of benzene rings is 1. The molecule has 0 radical (unpaired) electrons. The van der Waals surface area contributed by atoms with Gasteiger partial charge < -0.3 is 4.98 Å². The second-order valence-electron chi connectivity index (χ2n) is 4.52. The molecule has 0 amide bonds. The number of aryl methyl sites for hydroxylation is 2. The summed E-state index contributed by atoms with van der Waals surface area (Å²) in [5.74, 6) is 0. The summed E-state index contributed by atoms with van der Waals surface area (Å²) in [5.41, 5.74) is 3.58. The fraction of sp³-hybridized carbons (Fsp3) is 0.154. The van der Waals surface area contributed by atoms with Gasteiger partial charge in [0.05, 0.1) is 11.9 Å². The summed E-state index contributed by atoms with van der Waals surface area (Å²) in [4.78, 5) is 17.3. The van der Waals surface area contributed by atoms with Gasteiger partial charge in [-0.05, 0) is 37.7 Å². The number of H-pyrrole nitrogens is 2. The summed E-state index contributed by atoms with van der Waals surface area (Å²) in [6.07, 6.45) is 1.54. The Morgan fingerprint density at radius 1 is 1.26 bits per heavy atom. The number of aromatic nitrogens is 4. The van der Waals surface area contributed by atoms with Crippen molar-refractivity contribution in [3.63, 3.8) is 0 Å². The van der Waals surface area contributed by atoms with Crippen molar-refractivity contribution in [1.82, 2.24) is 19.7 Å². The predicted molar refractivity (Wildman–Crippen MR) is 76.3 cm³/mol. The van der Waals surface area contributed by atoms with E-state index in [4.69, 9.17) is 12.2 Å². The normalized spacial score (nSPS) is 11.1. The third kappa shape index (κ3) is 1.90. The van der Waals surface area contributed by atoms with E-state index in [1.165, 1.54) is 5.56 Å². The summed E-state index contributed by atoms with van der Waals surface area (Å²) in [7, 11) is 0. The van der Waals surface area contributed by atoms with Crippen molar-refractivity contribution in [3.05, 3.63) is 50.6 Å². The average molecular weight is 272 g/mol. The molecule has 0 aliphatic heterocycles. The minimum Gasteiger partial charge on any atom is -0.316 e. The van der Waals surface area contributed by atoms with Gasteiger partial charge in [-0.2, -0.15) is 5.10 Å². The molecule has 3 aromatic rings. The van der Waals surface area contributed by atoms with Crippen molar-refractivity contribution < 1.29 is 0 Å². The van der Waals surface area contributed by atoms with Crippen molar-refractivity contribution in [2.75, 3.05) is 0 Å². The van der Waals surface area contributed by atoms with Crippen LogP contribution in [0.25, 0.3) is 16.7 Å². The maximum absolute atomic E-state index is 11.8. The monoisotopic (exact) mass is 272 g/mol. The molecule has 96 valence electrons. The fourth-order valence-electron chi connectivity index (χ4n) is 2.17. The summed E-state index contributed by atoms with van der Waals surface area (Å²) < 4.78 is 2.00. The lowest BCUT2D eigenvalue weighted by molar-refractivity contribution is 0.884. The molecule has 0 fully saturated rings. The highest BCUT2D eigenvalue weighted by molar-refractivity contribution is 7.71. The zero-order valence-corrected chi connectivity index (χ0v) is 11.3. The van der Waals surface area contributed by atoms with E-state index >= 15 is 0 Å². The average Bonchev–Trinajstić information content (AvgIpc) is 2.73. The number of fused-ring (bicyclic) bond motifs is 1. The molecule has 0 aliphatic rings. The molecule has 5 nitrogen and oxygen atoms in total. The third-order valence-corrected chi connectivity index (χ3v) is 3.26. The first-order chi connectivity index (χ1) is 9.06. The maximum atomic E-state index is 11.8. The van der Waals surface area contributed by atoms with Crippen LogP contribution in [0.4, 0.5) is 0 Å². The van der Waals surface area contributed by atoms with Gasteiger partial charge in [-0.15, -0.1) is 0 Å². The van der Waals surface area contributed by atoms with Crippen molar-refractivity contribution in [3.8, 4) is 5.69 Å². The standard InChI is InChI=1S/C13H12N4OS/c1-7-3-4-10(8(2)5-7)17-11-9(6-14-17)12(18)16-13(19)15-11/h3-6H,1-2H3,(H2,15,16,18,19). The van der Waals surface area contributed by atoms with Crippen LogP contribution in [0.15, 0.2) is 29.2 Å². The first-order valence-electron chi connectivity index (χ1n) is 5.84. The Morgan fingerprint density at radius 2 is 2.05 bits per heavy atom. The molecule has 6 heteroatoms. The highest BCUT2D eigenvalue weighted by Crippen LogP contribution is 2.18. The zero-order chi connectivity index (χ0) is 13.6. The lowest BCUT2D eigenvalue weighted by Crippen LogP contribution is -2.08. The summed E-state index contributed by atoms with van der Waals surface area (Å²) in [6.45, 7) is 4.05. The zero-order valence-electron chi connectivity index (χ0n) is 10.5. The minimum absolute atomic E-state index is 0.227. The van der Waals surface area contributed by atoms with Crippen molar-refractivity contribution in [2.45, 2.75) is 13.8 Å². The van der Waals surface area contributed by atoms with E-state index in [0.717, 1.165) is 11.3 Å². The number of hydrogen-bond donors (Lipinski definition) is 2. The van der Waals surface area contributed by atoms with E-state index < -0.39 is 0 Å². The highest BCUT2D eigenvalue weighted by Gasteiger charge is 2.10. The van der Waals surface area contributed by atoms with Gasteiger partial charge in [0.15, 0.2) is 4.77 Å². The number of hydrogen-bond acceptors (Lipinski definition) is 3. The molecular formula is C13H12N4OS. The third-order valence-electron chi connectivity index (χ3n) is 3.05. The topological polar surface area (TPSA) is 66.5 Å². The van der Waals surface area contributed by atoms with Gasteiger partial charge in [0, 0.05) is 0 Å². The second kappa shape index (κ2) is 4.17. The van der Waals surface area contributed by atoms with Crippen molar-refractivity contribution in [2.24, 2.45) is 0 Å². The Morgan fingerprint density at radius 3 is 2.79 bits per heavy atom. The highest BCUT2D eigenvalue weighted by atomic mass is 32.1. The Hall–Kier alpha value is -2.21. The quantitative estimate of drug-likeness (QED) is 0.668. The van der Waals surface area contributed by atoms with E-state index in [1.807, 2.05) is 26.0 Å². The molecule has 1 aromatic carbocycles. The Labute approximate surface area is 113 Å². The molecule has 0 bridgehead atoms. The van der Waals surface area contributed by atoms with Gasteiger partial charge in [0.1, 0.15) is 11.0 Å². The summed E-state index contributed by atoms with van der Waals surface area (Å²) in [6, 6.07) is 6.07. The first kappa shape index (κ1) is 11.9. The van der Waals surface area contributed by atoms with Gasteiger partial charge in [-0.3, -0.25) is 9.78 Å². The predicted octanol–water partition coefficient (Wildman–Crippen LogP) is 2.39. The van der Waals surface area contributed by atoms with Crippen LogP contribution >= 0.6 is 12.2 Å². The van der Waals surface area contributed by atoms with Crippen LogP contribution < -0.4 is 5.56 Å². The molecule has 0 atom stereocenters. The Bertz CT molecular complexity index is 888. The van der Waals surface area contributed by atoms with Crippen LogP contribution in [0.2, 0.25) is 0 Å². The molecule has 0 spiro atoms. The van der Waals surface area contributed by atoms with Crippen molar-refractivity contribution >= 4 is 23.3 Å². The molecule has 3 rings (SSSR count). The lowest BCUT2D eigenvalue weighted by Gasteiger charge is -2.07. The van der Waals surface area contributed by atoms with E-state index in [1.54, 1.807) is 10.9 Å². The van der Waals surface area contributed by atoms with Gasteiger partial charge in [0.2, 0.25) is 0 Å². The maximum Gasteiger partial charge on any atom is 0.262 e. The van der Waals surface area contributed by atoms with E-state index in [9.17, 15) is 4.79 Å². The number of nitrogens with zero attached hydrogens (tertiary/aromatic N) is 2. The van der Waals surface area contributed by atoms with Gasteiger partial charge >= 0.3 is 0 Å². The number of nitrogens with one attached hydrogen (secondary N) is 2. The second-order valence-corrected chi connectivity index (χ2v) is 4.93. The van der Waals surface area contributed by atoms with Gasteiger partial charge in [-0.1, -0.05) is 17.7 Å². The molecule has 0 unspecified atom stereocenters. The molecule has 2 aromatic heterocycles. The molecule has 0 aliphatic carbocycles. The van der Waals surface area contributed by atoms with Crippen molar-refractivity contribution in [1.29, 1.82) is 0 Å². The molecule has 0 saturated heterocycles. The van der Waals surface area contributed by atoms with Crippen LogP contribution in [-0.4, -0.2) is 19.7 Å². The van der Waals surface area contributed by atoms with Crippen LogP contribution in [0.5, 0.6) is 0 Å². The van der Waals surface area contributed by atoms with Crippen LogP contribution in [0, 0.1) is 18.6 Å². The molecule has 2 heterocycles. The van der Waals surface area contributed by atoms with E-state index in [0.29, 0.717) is 15.8 Å². The lowest BCUT2D eigenvalue weighted by atomic mass is 10.1. The smallest absolute Gasteiger partial charge is 0.262 e. The molecule has 0 saturated carbocycles. The largest absolute Gasteiger partial charge is 0.316 e. The SMILES string of the molecule is Cc1ccc(-n2ncc3c(=O)[nH]c(=S)[nH]c32)c(C)c1. The van der Waals surface area contributed by atoms with Crippen LogP contribution in [0.3, 0.4) is 0 Å². The minimum atomic E-state index is -0.227. The van der Waals surface area contributed by atoms with Crippen LogP contribution in [0.1, 0.15) is 11.1 Å². The molecular weight excluding hydrogens is 260 g/mol. The van der Waals surface area contributed by atoms with E-state index in [2.05, 4.69) is 21.1 Å². The summed E-state index contributed by atoms with van der Waals surface area (Å²) in [5, 5.41) is 4.77. The van der Waals surface area contributed by atoms with E-state index in [-0.39, 0.29) is 5.56 Å². The summed E-state index contributed by atoms with van der Waals surface area (Å²) >= 11 is 5.00. The Balaban J connectivity index is 2.37. The van der Waals surface area contributed by atoms with Gasteiger partial charge in [-0.25, -0.2) is 4.68 Å². The fourth-order valence-corrected chi connectivity index (χ4v) is 2.36.